The number of halogens is 2. The van der Waals surface area contributed by atoms with Crippen LogP contribution in [0.15, 0.2) is 18.2 Å². The van der Waals surface area contributed by atoms with Crippen LogP contribution in [0.3, 0.4) is 0 Å². The zero-order valence-electron chi connectivity index (χ0n) is 13.3. The molecule has 2 aliphatic heterocycles. The summed E-state index contributed by atoms with van der Waals surface area (Å²) in [5.41, 5.74) is -0.0285. The molecule has 2 saturated heterocycles. The minimum absolute atomic E-state index is 0.00376. The highest BCUT2D eigenvalue weighted by molar-refractivity contribution is 5.93. The normalized spacial score (nSPS) is 21.8. The minimum Gasteiger partial charge on any atom is -0.368 e. The van der Waals surface area contributed by atoms with Crippen LogP contribution in [0.25, 0.3) is 0 Å². The van der Waals surface area contributed by atoms with Crippen molar-refractivity contribution < 1.29 is 23.1 Å². The molecule has 2 aliphatic rings. The third kappa shape index (κ3) is 3.72. The molecule has 3 rings (SSSR count). The molecule has 0 bridgehead atoms. The first-order valence-corrected chi connectivity index (χ1v) is 8.21. The number of benzene rings is 1. The molecule has 7 heteroatoms. The third-order valence-electron chi connectivity index (χ3n) is 4.57. The molecule has 2 amide bonds. The van der Waals surface area contributed by atoms with Gasteiger partial charge >= 0.3 is 0 Å². The molecule has 5 nitrogen and oxygen atoms in total. The molecular formula is C17H20F2N2O3. The van der Waals surface area contributed by atoms with Crippen molar-refractivity contribution in [1.82, 2.24) is 4.90 Å². The Kier molecular flexibility index (Phi) is 5.08. The quantitative estimate of drug-likeness (QED) is 0.920. The van der Waals surface area contributed by atoms with Gasteiger partial charge in [0.25, 0.3) is 5.91 Å². The second-order valence-corrected chi connectivity index (χ2v) is 6.21. The van der Waals surface area contributed by atoms with Crippen LogP contribution in [0.2, 0.25) is 0 Å². The fourth-order valence-corrected chi connectivity index (χ4v) is 3.16. The van der Waals surface area contributed by atoms with E-state index in [2.05, 4.69) is 5.32 Å². The number of carbonyl (C=O) groups excluding carboxylic acids is 2. The minimum atomic E-state index is -0.797. The van der Waals surface area contributed by atoms with Crippen LogP contribution < -0.4 is 5.32 Å². The number of ether oxygens (including phenoxy) is 1. The largest absolute Gasteiger partial charge is 0.368 e. The van der Waals surface area contributed by atoms with Crippen molar-refractivity contribution in [2.75, 3.05) is 25.0 Å². The lowest BCUT2D eigenvalue weighted by atomic mass is 9.95. The van der Waals surface area contributed by atoms with E-state index >= 15 is 0 Å². The van der Waals surface area contributed by atoms with E-state index in [9.17, 15) is 18.4 Å². The molecule has 0 radical (unpaired) electrons. The van der Waals surface area contributed by atoms with Crippen LogP contribution in [0.5, 0.6) is 0 Å². The first kappa shape index (κ1) is 16.8. The standard InChI is InChI=1S/C17H20F2N2O3/c18-12-3-4-14(13(19)10-12)20-16(22)11-5-7-21(8-6-11)17(23)15-2-1-9-24-15/h3-4,10-11,15H,1-2,5-9H2,(H,20,22)/t15-/m0/s1. The highest BCUT2D eigenvalue weighted by Crippen LogP contribution is 2.23. The topological polar surface area (TPSA) is 58.6 Å². The molecular weight excluding hydrogens is 318 g/mol. The Morgan fingerprint density at radius 1 is 1.17 bits per heavy atom. The SMILES string of the molecule is O=C(Nc1ccc(F)cc1F)C1CCN(C(=O)[C@@H]2CCCO2)CC1. The Morgan fingerprint density at radius 2 is 1.92 bits per heavy atom. The van der Waals surface area contributed by atoms with Crippen molar-refractivity contribution in [3.63, 3.8) is 0 Å². The summed E-state index contributed by atoms with van der Waals surface area (Å²) in [6.07, 6.45) is 2.35. The van der Waals surface area contributed by atoms with Gasteiger partial charge in [0, 0.05) is 31.7 Å². The van der Waals surface area contributed by atoms with E-state index in [1.807, 2.05) is 0 Å². The van der Waals surface area contributed by atoms with Crippen LogP contribution in [-0.2, 0) is 14.3 Å². The van der Waals surface area contributed by atoms with Gasteiger partial charge < -0.3 is 15.0 Å². The van der Waals surface area contributed by atoms with Gasteiger partial charge in [-0.05, 0) is 37.8 Å². The summed E-state index contributed by atoms with van der Waals surface area (Å²) < 4.78 is 31.9. The maximum atomic E-state index is 13.6. The molecule has 2 fully saturated rings. The Labute approximate surface area is 139 Å². The van der Waals surface area contributed by atoms with Crippen LogP contribution in [0.1, 0.15) is 25.7 Å². The number of rotatable bonds is 3. The maximum absolute atomic E-state index is 13.6. The van der Waals surface area contributed by atoms with Gasteiger partial charge in [-0.25, -0.2) is 8.78 Å². The van der Waals surface area contributed by atoms with Crippen molar-refractivity contribution in [3.05, 3.63) is 29.8 Å². The van der Waals surface area contributed by atoms with Gasteiger partial charge in [0.2, 0.25) is 5.91 Å². The predicted octanol–water partition coefficient (Wildman–Crippen LogP) is 2.32. The second-order valence-electron chi connectivity index (χ2n) is 6.21. The average Bonchev–Trinajstić information content (AvgIpc) is 3.11. The summed E-state index contributed by atoms with van der Waals surface area (Å²) in [5.74, 6) is -2.08. The molecule has 1 aromatic rings. The number of carbonyl (C=O) groups is 2. The van der Waals surface area contributed by atoms with Crippen LogP contribution in [0.4, 0.5) is 14.5 Å². The molecule has 1 atom stereocenters. The highest BCUT2D eigenvalue weighted by Gasteiger charge is 2.32. The Hall–Kier alpha value is -2.02. The lowest BCUT2D eigenvalue weighted by Gasteiger charge is -2.32. The number of likely N-dealkylation sites (tertiary alicyclic amines) is 1. The van der Waals surface area contributed by atoms with Gasteiger partial charge in [0.15, 0.2) is 0 Å². The van der Waals surface area contributed by atoms with Gasteiger partial charge in [-0.2, -0.15) is 0 Å². The summed E-state index contributed by atoms with van der Waals surface area (Å²) >= 11 is 0. The molecule has 1 N–H and O–H groups in total. The third-order valence-corrected chi connectivity index (χ3v) is 4.57. The zero-order chi connectivity index (χ0) is 17.1. The van der Waals surface area contributed by atoms with Crippen LogP contribution >= 0.6 is 0 Å². The molecule has 24 heavy (non-hydrogen) atoms. The number of anilines is 1. The number of amides is 2. The first-order chi connectivity index (χ1) is 11.5. The van der Waals surface area contributed by atoms with Gasteiger partial charge in [-0.1, -0.05) is 0 Å². The Morgan fingerprint density at radius 3 is 2.54 bits per heavy atom. The number of piperidine rings is 1. The van der Waals surface area contributed by atoms with Crippen molar-refractivity contribution >= 4 is 17.5 Å². The molecule has 0 aliphatic carbocycles. The zero-order valence-corrected chi connectivity index (χ0v) is 13.3. The van der Waals surface area contributed by atoms with E-state index in [1.54, 1.807) is 4.90 Å². The summed E-state index contributed by atoms with van der Waals surface area (Å²) in [5, 5.41) is 2.50. The summed E-state index contributed by atoms with van der Waals surface area (Å²) in [4.78, 5) is 26.2. The van der Waals surface area contributed by atoms with Gasteiger partial charge in [-0.15, -0.1) is 0 Å². The van der Waals surface area contributed by atoms with Crippen LogP contribution in [-0.4, -0.2) is 42.5 Å². The maximum Gasteiger partial charge on any atom is 0.251 e. The van der Waals surface area contributed by atoms with Crippen molar-refractivity contribution in [2.45, 2.75) is 31.8 Å². The van der Waals surface area contributed by atoms with E-state index in [0.29, 0.717) is 32.5 Å². The highest BCUT2D eigenvalue weighted by atomic mass is 19.1. The Bertz CT molecular complexity index is 624. The molecule has 1 aromatic carbocycles. The molecule has 0 aromatic heterocycles. The predicted molar refractivity (Wildman–Crippen MR) is 83.3 cm³/mol. The smallest absolute Gasteiger partial charge is 0.251 e. The fourth-order valence-electron chi connectivity index (χ4n) is 3.16. The second kappa shape index (κ2) is 7.25. The van der Waals surface area contributed by atoms with Crippen molar-refractivity contribution in [2.24, 2.45) is 5.92 Å². The molecule has 2 heterocycles. The van der Waals surface area contributed by atoms with Crippen molar-refractivity contribution in [3.8, 4) is 0 Å². The number of hydrogen-bond acceptors (Lipinski definition) is 3. The number of nitrogens with zero attached hydrogens (tertiary/aromatic N) is 1. The molecule has 0 spiro atoms. The number of hydrogen-bond donors (Lipinski definition) is 1. The van der Waals surface area contributed by atoms with Gasteiger partial charge in [0.05, 0.1) is 5.69 Å². The summed E-state index contributed by atoms with van der Waals surface area (Å²) in [6.45, 7) is 1.60. The van der Waals surface area contributed by atoms with E-state index < -0.39 is 11.6 Å². The van der Waals surface area contributed by atoms with E-state index in [4.69, 9.17) is 4.74 Å². The lowest BCUT2D eigenvalue weighted by Crippen LogP contribution is -2.45. The monoisotopic (exact) mass is 338 g/mol. The van der Waals surface area contributed by atoms with Crippen LogP contribution in [0, 0.1) is 17.6 Å². The van der Waals surface area contributed by atoms with Crippen molar-refractivity contribution in [1.29, 1.82) is 0 Å². The molecule has 0 saturated carbocycles. The fraction of sp³-hybridized carbons (Fsp3) is 0.529. The van der Waals surface area contributed by atoms with Gasteiger partial charge in [0.1, 0.15) is 17.7 Å². The number of nitrogens with one attached hydrogen (secondary N) is 1. The van der Waals surface area contributed by atoms with E-state index in [0.717, 1.165) is 25.0 Å². The average molecular weight is 338 g/mol. The lowest BCUT2D eigenvalue weighted by molar-refractivity contribution is -0.143. The summed E-state index contributed by atoms with van der Waals surface area (Å²) in [6, 6.07) is 3.04. The summed E-state index contributed by atoms with van der Waals surface area (Å²) in [7, 11) is 0. The Balaban J connectivity index is 1.52. The van der Waals surface area contributed by atoms with Gasteiger partial charge in [-0.3, -0.25) is 9.59 Å². The van der Waals surface area contributed by atoms with E-state index in [-0.39, 0.29) is 29.5 Å². The molecule has 0 unspecified atom stereocenters. The molecule has 130 valence electrons. The van der Waals surface area contributed by atoms with E-state index in [1.165, 1.54) is 6.07 Å². The first-order valence-electron chi connectivity index (χ1n) is 8.21.